The van der Waals surface area contributed by atoms with Crippen LogP contribution in [0.25, 0.3) is 0 Å². The molecule has 0 aromatic heterocycles. The predicted molar refractivity (Wildman–Crippen MR) is 89.2 cm³/mol. The summed E-state index contributed by atoms with van der Waals surface area (Å²) in [6, 6.07) is 15.0. The number of benzene rings is 2. The molecule has 2 rings (SSSR count). The molecule has 2 aromatic carbocycles. The van der Waals surface area contributed by atoms with E-state index in [4.69, 9.17) is 27.0 Å². The van der Waals surface area contributed by atoms with Gasteiger partial charge in [-0.2, -0.15) is 5.26 Å². The van der Waals surface area contributed by atoms with Crippen molar-refractivity contribution < 1.29 is 9.47 Å². The first kappa shape index (κ1) is 15.8. The molecule has 2 aromatic rings. The van der Waals surface area contributed by atoms with Gasteiger partial charge in [-0.15, -0.1) is 0 Å². The van der Waals surface area contributed by atoms with Gasteiger partial charge in [-0.25, -0.2) is 0 Å². The topological polar surface area (TPSA) is 54.3 Å². The number of hydrogen-bond donors (Lipinski definition) is 1. The monoisotopic (exact) mass is 312 g/mol. The average Bonchev–Trinajstić information content (AvgIpc) is 2.59. The van der Waals surface area contributed by atoms with Gasteiger partial charge >= 0.3 is 0 Å². The Morgan fingerprint density at radius 3 is 2.36 bits per heavy atom. The summed E-state index contributed by atoms with van der Waals surface area (Å²) < 4.78 is 10.5. The van der Waals surface area contributed by atoms with Crippen LogP contribution in [0.2, 0.25) is 0 Å². The molecule has 5 heteroatoms. The summed E-state index contributed by atoms with van der Waals surface area (Å²) in [6.07, 6.45) is 0. The van der Waals surface area contributed by atoms with Gasteiger partial charge in [0.2, 0.25) is 0 Å². The molecule has 0 saturated heterocycles. The molecule has 0 fully saturated rings. The molecule has 0 unspecified atom stereocenters. The highest BCUT2D eigenvalue weighted by Gasteiger charge is 2.07. The van der Waals surface area contributed by atoms with Gasteiger partial charge in [-0.05, 0) is 23.8 Å². The van der Waals surface area contributed by atoms with E-state index < -0.39 is 0 Å². The number of nitriles is 1. The number of nitrogens with one attached hydrogen (secondary N) is 1. The Labute approximate surface area is 135 Å². The number of methoxy groups -OCH3 is 2. The molecule has 1 N–H and O–H groups in total. The summed E-state index contributed by atoms with van der Waals surface area (Å²) in [6.45, 7) is 0.520. The van der Waals surface area contributed by atoms with E-state index in [1.807, 2.05) is 36.4 Å². The number of thiocarbonyl (C=S) groups is 1. The molecular formula is C17H16N2O2S. The van der Waals surface area contributed by atoms with Gasteiger partial charge in [-0.1, -0.05) is 30.4 Å². The maximum atomic E-state index is 9.12. The second-order valence-corrected chi connectivity index (χ2v) is 4.97. The zero-order valence-electron chi connectivity index (χ0n) is 12.4. The molecule has 0 radical (unpaired) electrons. The Bertz CT molecular complexity index is 701. The van der Waals surface area contributed by atoms with Crippen molar-refractivity contribution in [2.24, 2.45) is 0 Å². The van der Waals surface area contributed by atoms with Crippen LogP contribution in [-0.4, -0.2) is 19.2 Å². The van der Waals surface area contributed by atoms with Crippen LogP contribution in [0.1, 0.15) is 16.7 Å². The summed E-state index contributed by atoms with van der Waals surface area (Å²) in [5.41, 5.74) is 2.27. The maximum Gasteiger partial charge on any atom is 0.122 e. The Kier molecular flexibility index (Phi) is 5.34. The van der Waals surface area contributed by atoms with Gasteiger partial charge in [0.05, 0.1) is 25.9 Å². The van der Waals surface area contributed by atoms with Crippen molar-refractivity contribution in [3.05, 3.63) is 59.2 Å². The van der Waals surface area contributed by atoms with Gasteiger partial charge in [0.15, 0.2) is 0 Å². The van der Waals surface area contributed by atoms with Crippen LogP contribution in [-0.2, 0) is 6.54 Å². The fraction of sp³-hybridized carbons (Fsp3) is 0.176. The highest BCUT2D eigenvalue weighted by molar-refractivity contribution is 7.80. The van der Waals surface area contributed by atoms with E-state index >= 15 is 0 Å². The van der Waals surface area contributed by atoms with Gasteiger partial charge < -0.3 is 14.8 Å². The van der Waals surface area contributed by atoms with Crippen LogP contribution < -0.4 is 14.8 Å². The third kappa shape index (κ3) is 3.74. The lowest BCUT2D eigenvalue weighted by Gasteiger charge is -2.12. The van der Waals surface area contributed by atoms with Gasteiger partial charge in [-0.3, -0.25) is 0 Å². The van der Waals surface area contributed by atoms with Crippen molar-refractivity contribution in [3.63, 3.8) is 0 Å². The Balaban J connectivity index is 2.13. The van der Waals surface area contributed by atoms with Crippen LogP contribution in [0.5, 0.6) is 11.5 Å². The summed E-state index contributed by atoms with van der Waals surface area (Å²) in [5.74, 6) is 1.44. The standard InChI is InChI=1S/C17H16N2O2S/c1-20-14-7-12(8-15(9-14)21-2)11-19-17(22)16-6-4-3-5-13(16)10-18/h3-9H,11H2,1-2H3,(H,19,22). The molecule has 0 aliphatic heterocycles. The normalized spacial score (nSPS) is 9.68. The molecule has 0 amide bonds. The van der Waals surface area contributed by atoms with Crippen LogP contribution in [0.4, 0.5) is 0 Å². The number of rotatable bonds is 5. The van der Waals surface area contributed by atoms with Crippen molar-refractivity contribution in [1.82, 2.24) is 5.32 Å². The van der Waals surface area contributed by atoms with Crippen LogP contribution in [0.15, 0.2) is 42.5 Å². The first-order valence-electron chi connectivity index (χ1n) is 6.67. The molecule has 0 spiro atoms. The lowest BCUT2D eigenvalue weighted by atomic mass is 10.1. The van der Waals surface area contributed by atoms with Gasteiger partial charge in [0, 0.05) is 18.2 Å². The van der Waals surface area contributed by atoms with Crippen molar-refractivity contribution in [1.29, 1.82) is 5.26 Å². The quantitative estimate of drug-likeness (QED) is 0.860. The fourth-order valence-corrected chi connectivity index (χ4v) is 2.27. The van der Waals surface area contributed by atoms with Crippen LogP contribution in [0.3, 0.4) is 0 Å². The zero-order chi connectivity index (χ0) is 15.9. The minimum atomic E-state index is 0.520. The first-order chi connectivity index (χ1) is 10.7. The molecular weight excluding hydrogens is 296 g/mol. The molecule has 0 saturated carbocycles. The third-order valence-electron chi connectivity index (χ3n) is 3.16. The maximum absolute atomic E-state index is 9.12. The minimum absolute atomic E-state index is 0.520. The van der Waals surface area contributed by atoms with Crippen LogP contribution in [0, 0.1) is 11.3 Å². The van der Waals surface area contributed by atoms with E-state index in [1.54, 1.807) is 20.3 Å². The predicted octanol–water partition coefficient (Wildman–Crippen LogP) is 3.04. The Hall–Kier alpha value is -2.58. The van der Waals surface area contributed by atoms with Crippen LogP contribution >= 0.6 is 12.2 Å². The van der Waals surface area contributed by atoms with E-state index in [0.717, 1.165) is 22.6 Å². The van der Waals surface area contributed by atoms with E-state index in [9.17, 15) is 0 Å². The second-order valence-electron chi connectivity index (χ2n) is 4.56. The summed E-state index contributed by atoms with van der Waals surface area (Å²) in [7, 11) is 3.22. The van der Waals surface area contributed by atoms with E-state index in [-0.39, 0.29) is 0 Å². The summed E-state index contributed by atoms with van der Waals surface area (Å²) in [4.78, 5) is 0.541. The number of nitrogens with zero attached hydrogens (tertiary/aromatic N) is 1. The SMILES string of the molecule is COc1cc(CNC(=S)c2ccccc2C#N)cc(OC)c1. The molecule has 0 aliphatic carbocycles. The molecule has 22 heavy (non-hydrogen) atoms. The van der Waals surface area contributed by atoms with Crippen molar-refractivity contribution in [2.75, 3.05) is 14.2 Å². The van der Waals surface area contributed by atoms with Gasteiger partial charge in [0.25, 0.3) is 0 Å². The zero-order valence-corrected chi connectivity index (χ0v) is 13.2. The molecule has 0 bridgehead atoms. The average molecular weight is 312 g/mol. The van der Waals surface area contributed by atoms with Crippen molar-refractivity contribution >= 4 is 17.2 Å². The Morgan fingerprint density at radius 1 is 1.14 bits per heavy atom. The molecule has 0 atom stereocenters. The smallest absolute Gasteiger partial charge is 0.122 e. The lowest BCUT2D eigenvalue weighted by Crippen LogP contribution is -2.22. The minimum Gasteiger partial charge on any atom is -0.497 e. The van der Waals surface area contributed by atoms with E-state index in [0.29, 0.717) is 17.1 Å². The highest BCUT2D eigenvalue weighted by atomic mass is 32.1. The van der Waals surface area contributed by atoms with Crippen molar-refractivity contribution in [2.45, 2.75) is 6.54 Å². The third-order valence-corrected chi connectivity index (χ3v) is 3.52. The molecule has 4 nitrogen and oxygen atoms in total. The molecule has 0 aliphatic rings. The van der Waals surface area contributed by atoms with Gasteiger partial charge in [0.1, 0.15) is 16.5 Å². The lowest BCUT2D eigenvalue weighted by molar-refractivity contribution is 0.393. The second kappa shape index (κ2) is 7.43. The van der Waals surface area contributed by atoms with E-state index in [2.05, 4.69) is 11.4 Å². The molecule has 0 heterocycles. The summed E-state index contributed by atoms with van der Waals surface area (Å²) in [5, 5.41) is 12.3. The molecule has 112 valence electrons. The Morgan fingerprint density at radius 2 is 1.77 bits per heavy atom. The largest absolute Gasteiger partial charge is 0.497 e. The van der Waals surface area contributed by atoms with Crippen molar-refractivity contribution in [3.8, 4) is 17.6 Å². The highest BCUT2D eigenvalue weighted by Crippen LogP contribution is 2.22. The van der Waals surface area contributed by atoms with E-state index in [1.165, 1.54) is 0 Å². The number of hydrogen-bond acceptors (Lipinski definition) is 4. The fourth-order valence-electron chi connectivity index (χ4n) is 2.02. The number of ether oxygens (including phenoxy) is 2. The first-order valence-corrected chi connectivity index (χ1v) is 7.08. The summed E-state index contributed by atoms with van der Waals surface area (Å²) >= 11 is 5.37.